The summed E-state index contributed by atoms with van der Waals surface area (Å²) < 4.78 is 34.7. The van der Waals surface area contributed by atoms with Gasteiger partial charge in [0.05, 0.1) is 24.8 Å². The van der Waals surface area contributed by atoms with Crippen molar-refractivity contribution < 1.29 is 13.3 Å². The lowest BCUT2D eigenvalue weighted by Gasteiger charge is -2.18. The summed E-state index contributed by atoms with van der Waals surface area (Å²) in [6.07, 6.45) is 1.77. The van der Waals surface area contributed by atoms with Gasteiger partial charge in [-0.3, -0.25) is 13.9 Å². The summed E-state index contributed by atoms with van der Waals surface area (Å²) in [7, 11) is 2.50. The third-order valence-electron chi connectivity index (χ3n) is 7.09. The predicted molar refractivity (Wildman–Crippen MR) is 168 cm³/mol. The zero-order valence-electron chi connectivity index (χ0n) is 23.4. The number of rotatable bonds is 11. The van der Waals surface area contributed by atoms with E-state index in [2.05, 4.69) is 17.0 Å². The molecule has 41 heavy (non-hydrogen) atoms. The van der Waals surface area contributed by atoms with Crippen LogP contribution in [0.3, 0.4) is 0 Å². The number of hydrogen-bond acceptors (Lipinski definition) is 5. The van der Waals surface area contributed by atoms with E-state index in [9.17, 15) is 13.4 Å². The van der Waals surface area contributed by atoms with Gasteiger partial charge in [-0.25, -0.2) is 4.39 Å². The van der Waals surface area contributed by atoms with Gasteiger partial charge in [0.2, 0.25) is 0 Å². The van der Waals surface area contributed by atoms with Crippen LogP contribution >= 0.6 is 11.3 Å². The van der Waals surface area contributed by atoms with Crippen molar-refractivity contribution in [1.29, 1.82) is 0 Å². The molecule has 1 atom stereocenters. The number of ether oxygens (including phenoxy) is 1. The number of fused-ring (bicyclic) bond motifs is 1. The first-order valence-corrected chi connectivity index (χ1v) is 15.8. The van der Waals surface area contributed by atoms with Crippen LogP contribution in [0, 0.1) is 5.82 Å². The van der Waals surface area contributed by atoms with Crippen molar-refractivity contribution >= 4 is 32.4 Å². The van der Waals surface area contributed by atoms with Crippen molar-refractivity contribution in [2.45, 2.75) is 32.3 Å². The smallest absolute Gasteiger partial charge is 0.194 e. The van der Waals surface area contributed by atoms with Crippen LogP contribution < -0.4 is 10.2 Å². The summed E-state index contributed by atoms with van der Waals surface area (Å²) in [6, 6.07) is 24.7. The molecule has 5 aromatic rings. The molecule has 0 N–H and O–H groups in total. The van der Waals surface area contributed by atoms with Gasteiger partial charge in [-0.2, -0.15) is 0 Å². The van der Waals surface area contributed by atoms with Crippen molar-refractivity contribution in [2.24, 2.45) is 0 Å². The number of aromatic nitrogens is 1. The standard InChI is InChI=1S/C33H33FN2O3S2/c1-4-41(38)22-26-20-36(19-25-12-8-9-13-29(25)34)33-30(31(26)37)28(21-35(2)18-23-10-6-5-7-11-23)32(40-33)24-14-16-27(39-3)17-15-24/h5-17,20H,4,18-19,21-22H2,1-3H3. The minimum Gasteiger partial charge on any atom is -0.497 e. The minimum absolute atomic E-state index is 0.106. The molecule has 3 aromatic carbocycles. The number of benzene rings is 3. The van der Waals surface area contributed by atoms with Crippen molar-refractivity contribution in [3.63, 3.8) is 0 Å². The molecule has 0 spiro atoms. The van der Waals surface area contributed by atoms with Crippen molar-refractivity contribution in [3.05, 3.63) is 123 Å². The van der Waals surface area contributed by atoms with Crippen LogP contribution in [0.25, 0.3) is 20.7 Å². The minimum atomic E-state index is -1.18. The van der Waals surface area contributed by atoms with Gasteiger partial charge in [0.1, 0.15) is 16.4 Å². The maximum atomic E-state index is 14.8. The Balaban J connectivity index is 1.71. The molecule has 0 bridgehead atoms. The predicted octanol–water partition coefficient (Wildman–Crippen LogP) is 6.83. The van der Waals surface area contributed by atoms with Crippen LogP contribution in [0.5, 0.6) is 5.75 Å². The Hall–Kier alpha value is -3.59. The Morgan fingerprint density at radius 3 is 2.34 bits per heavy atom. The molecule has 0 saturated heterocycles. The van der Waals surface area contributed by atoms with Crippen molar-refractivity contribution in [2.75, 3.05) is 19.9 Å². The second kappa shape index (κ2) is 12.9. The average molecular weight is 589 g/mol. The van der Waals surface area contributed by atoms with Crippen LogP contribution in [-0.2, 0) is 36.2 Å². The van der Waals surface area contributed by atoms with Crippen LogP contribution in [-0.4, -0.2) is 33.6 Å². The Morgan fingerprint density at radius 1 is 0.951 bits per heavy atom. The van der Waals surface area contributed by atoms with Crippen LogP contribution in [0.4, 0.5) is 4.39 Å². The lowest BCUT2D eigenvalue weighted by molar-refractivity contribution is 0.321. The molecule has 8 heteroatoms. The first-order chi connectivity index (χ1) is 19.9. The fourth-order valence-corrected chi connectivity index (χ4v) is 7.05. The third kappa shape index (κ3) is 6.50. The first-order valence-electron chi connectivity index (χ1n) is 13.5. The highest BCUT2D eigenvalue weighted by Gasteiger charge is 2.23. The third-order valence-corrected chi connectivity index (χ3v) is 9.69. The fraction of sp³-hybridized carbons (Fsp3) is 0.242. The summed E-state index contributed by atoms with van der Waals surface area (Å²) in [6.45, 7) is 3.36. The Kier molecular flexibility index (Phi) is 9.12. The first kappa shape index (κ1) is 28.9. The molecule has 5 nitrogen and oxygen atoms in total. The van der Waals surface area contributed by atoms with E-state index in [-0.39, 0.29) is 23.5 Å². The summed E-state index contributed by atoms with van der Waals surface area (Å²) in [5.41, 5.74) is 3.99. The summed E-state index contributed by atoms with van der Waals surface area (Å²) in [5.74, 6) is 1.07. The van der Waals surface area contributed by atoms with Gasteiger partial charge in [0.15, 0.2) is 5.43 Å². The molecule has 0 saturated carbocycles. The molecule has 0 aliphatic carbocycles. The van der Waals surface area contributed by atoms with Gasteiger partial charge in [-0.05, 0) is 54.1 Å². The Bertz CT molecular complexity index is 1730. The number of pyridine rings is 1. The Labute approximate surface area is 246 Å². The molecule has 2 aromatic heterocycles. The molecule has 0 amide bonds. The summed E-state index contributed by atoms with van der Waals surface area (Å²) >= 11 is 1.54. The van der Waals surface area contributed by atoms with Gasteiger partial charge in [-0.1, -0.05) is 55.5 Å². The maximum absolute atomic E-state index is 14.8. The van der Waals surface area contributed by atoms with E-state index >= 15 is 0 Å². The Morgan fingerprint density at radius 2 is 1.66 bits per heavy atom. The molecule has 5 rings (SSSR count). The van der Waals surface area contributed by atoms with Crippen LogP contribution in [0.15, 0.2) is 89.9 Å². The second-order valence-corrected chi connectivity index (χ2v) is 12.8. The molecule has 0 aliphatic rings. The highest BCUT2D eigenvalue weighted by atomic mass is 32.2. The number of thiophene rings is 1. The van der Waals surface area contributed by atoms with Gasteiger partial charge >= 0.3 is 0 Å². The van der Waals surface area contributed by atoms with Crippen LogP contribution in [0.1, 0.15) is 29.2 Å². The largest absolute Gasteiger partial charge is 0.497 e. The van der Waals surface area contributed by atoms with Gasteiger partial charge < -0.3 is 9.30 Å². The SMILES string of the molecule is CCS(=O)Cc1cn(Cc2ccccc2F)c2sc(-c3ccc(OC)cc3)c(CN(C)Cc3ccccc3)c2c1=O. The van der Waals surface area contributed by atoms with E-state index in [0.29, 0.717) is 35.4 Å². The number of hydrogen-bond donors (Lipinski definition) is 0. The molecule has 212 valence electrons. The molecular formula is C33H33FN2O3S2. The molecule has 1 unspecified atom stereocenters. The van der Waals surface area contributed by atoms with Crippen LogP contribution in [0.2, 0.25) is 0 Å². The molecule has 0 radical (unpaired) electrons. The van der Waals surface area contributed by atoms with E-state index in [1.807, 2.05) is 67.1 Å². The molecular weight excluding hydrogens is 556 g/mol. The van der Waals surface area contributed by atoms with E-state index in [1.165, 1.54) is 23.0 Å². The molecule has 2 heterocycles. The average Bonchev–Trinajstić information content (AvgIpc) is 3.36. The monoisotopic (exact) mass is 588 g/mol. The van der Waals surface area contributed by atoms with Crippen molar-refractivity contribution in [1.82, 2.24) is 9.47 Å². The number of nitrogens with zero attached hydrogens (tertiary/aromatic N) is 2. The quantitative estimate of drug-likeness (QED) is 0.170. The van der Waals surface area contributed by atoms with Gasteiger partial charge in [-0.15, -0.1) is 11.3 Å². The normalized spacial score (nSPS) is 12.2. The number of halogens is 1. The maximum Gasteiger partial charge on any atom is 0.194 e. The highest BCUT2D eigenvalue weighted by molar-refractivity contribution is 7.84. The zero-order valence-corrected chi connectivity index (χ0v) is 25.1. The van der Waals surface area contributed by atoms with E-state index in [4.69, 9.17) is 4.74 Å². The second-order valence-electron chi connectivity index (χ2n) is 10.1. The topological polar surface area (TPSA) is 51.5 Å². The number of methoxy groups -OCH3 is 1. The lowest BCUT2D eigenvalue weighted by Crippen LogP contribution is -2.21. The molecule has 0 fully saturated rings. The summed E-state index contributed by atoms with van der Waals surface area (Å²) in [5, 5.41) is 0.614. The molecule has 0 aliphatic heterocycles. The van der Waals surface area contributed by atoms with E-state index in [0.717, 1.165) is 26.6 Å². The highest BCUT2D eigenvalue weighted by Crippen LogP contribution is 2.39. The zero-order chi connectivity index (χ0) is 28.9. The van der Waals surface area contributed by atoms with E-state index in [1.54, 1.807) is 25.4 Å². The van der Waals surface area contributed by atoms with Gasteiger partial charge in [0.25, 0.3) is 0 Å². The van der Waals surface area contributed by atoms with Crippen molar-refractivity contribution in [3.8, 4) is 16.2 Å². The van der Waals surface area contributed by atoms with E-state index < -0.39 is 10.8 Å². The van der Waals surface area contributed by atoms with Gasteiger partial charge in [0, 0.05) is 51.8 Å². The lowest BCUT2D eigenvalue weighted by atomic mass is 10.0. The fourth-order valence-electron chi connectivity index (χ4n) is 5.01. The summed E-state index contributed by atoms with van der Waals surface area (Å²) in [4.78, 5) is 18.1.